The lowest BCUT2D eigenvalue weighted by Crippen LogP contribution is -1.75. The van der Waals surface area contributed by atoms with Gasteiger partial charge in [0.25, 0.3) is 0 Å². The minimum atomic E-state index is 0.653. The normalized spacial score (nSPS) is 9.85. The predicted octanol–water partition coefficient (Wildman–Crippen LogP) is 2.92. The average molecular weight is 188 g/mol. The van der Waals surface area contributed by atoms with Crippen LogP contribution in [-0.2, 0) is 0 Å². The molecular formula is C10H8N2S. The van der Waals surface area contributed by atoms with Gasteiger partial charge in [-0.2, -0.15) is 5.26 Å². The van der Waals surface area contributed by atoms with Crippen LogP contribution in [-0.4, -0.2) is 4.98 Å². The maximum Gasteiger partial charge on any atom is 0.126 e. The number of nitrogens with zero attached hydrogens (tertiary/aromatic N) is 1. The van der Waals surface area contributed by atoms with Gasteiger partial charge in [0.05, 0.1) is 0 Å². The summed E-state index contributed by atoms with van der Waals surface area (Å²) < 4.78 is 0. The summed E-state index contributed by atoms with van der Waals surface area (Å²) in [4.78, 5) is 4.17. The molecule has 0 saturated heterocycles. The molecule has 2 aromatic heterocycles. The van der Waals surface area contributed by atoms with Crippen molar-refractivity contribution in [3.05, 3.63) is 35.0 Å². The van der Waals surface area contributed by atoms with Crippen LogP contribution < -0.4 is 0 Å². The molecule has 2 rings (SSSR count). The zero-order valence-corrected chi connectivity index (χ0v) is 7.98. The molecular weight excluding hydrogens is 180 g/mol. The molecule has 0 spiro atoms. The van der Waals surface area contributed by atoms with Crippen molar-refractivity contribution in [3.8, 4) is 16.5 Å². The van der Waals surface area contributed by atoms with E-state index in [1.54, 1.807) is 11.3 Å². The first-order valence-electron chi connectivity index (χ1n) is 3.95. The molecule has 2 heterocycles. The lowest BCUT2D eigenvalue weighted by Gasteiger charge is -1.90. The van der Waals surface area contributed by atoms with Gasteiger partial charge in [-0.25, -0.2) is 0 Å². The Kier molecular flexibility index (Phi) is 1.91. The summed E-state index contributed by atoms with van der Waals surface area (Å²) in [6, 6.07) is 8.17. The van der Waals surface area contributed by atoms with E-state index in [0.29, 0.717) is 5.69 Å². The Bertz CT molecular complexity index is 446. The highest BCUT2D eigenvalue weighted by molar-refractivity contribution is 7.13. The average Bonchev–Trinajstić information content (AvgIpc) is 2.71. The Morgan fingerprint density at radius 3 is 3.00 bits per heavy atom. The first-order chi connectivity index (χ1) is 6.31. The number of H-pyrrole nitrogens is 1. The number of aromatic amines is 1. The van der Waals surface area contributed by atoms with Gasteiger partial charge in [-0.3, -0.25) is 0 Å². The first-order valence-corrected chi connectivity index (χ1v) is 4.83. The quantitative estimate of drug-likeness (QED) is 0.734. The van der Waals surface area contributed by atoms with Crippen LogP contribution in [0.4, 0.5) is 0 Å². The largest absolute Gasteiger partial charge is 0.350 e. The fourth-order valence-corrected chi connectivity index (χ4v) is 2.05. The zero-order chi connectivity index (χ0) is 9.26. The number of nitrogens with one attached hydrogen (secondary N) is 1. The SMILES string of the molecule is Cc1cc(-c2cccs2)c(C#N)[nH]1. The number of nitriles is 1. The number of thiophene rings is 1. The summed E-state index contributed by atoms with van der Waals surface area (Å²) in [5.41, 5.74) is 2.69. The number of rotatable bonds is 1. The van der Waals surface area contributed by atoms with Crippen molar-refractivity contribution in [3.63, 3.8) is 0 Å². The second kappa shape index (κ2) is 3.08. The van der Waals surface area contributed by atoms with Gasteiger partial charge >= 0.3 is 0 Å². The van der Waals surface area contributed by atoms with E-state index < -0.39 is 0 Å². The highest BCUT2D eigenvalue weighted by Crippen LogP contribution is 2.28. The van der Waals surface area contributed by atoms with Gasteiger partial charge < -0.3 is 4.98 Å². The van der Waals surface area contributed by atoms with E-state index in [4.69, 9.17) is 5.26 Å². The second-order valence-corrected chi connectivity index (χ2v) is 3.78. The Labute approximate surface area is 80.5 Å². The minimum Gasteiger partial charge on any atom is -0.350 e. The predicted molar refractivity (Wildman–Crippen MR) is 53.6 cm³/mol. The fraction of sp³-hybridized carbons (Fsp3) is 0.100. The van der Waals surface area contributed by atoms with Crippen molar-refractivity contribution in [2.24, 2.45) is 0 Å². The molecule has 0 bridgehead atoms. The molecule has 0 amide bonds. The zero-order valence-electron chi connectivity index (χ0n) is 7.16. The fourth-order valence-electron chi connectivity index (χ4n) is 1.30. The van der Waals surface area contributed by atoms with Gasteiger partial charge in [-0.05, 0) is 24.4 Å². The van der Waals surface area contributed by atoms with Crippen molar-refractivity contribution in [2.45, 2.75) is 6.92 Å². The smallest absolute Gasteiger partial charge is 0.126 e. The van der Waals surface area contributed by atoms with E-state index in [1.807, 2.05) is 30.5 Å². The molecule has 2 aromatic rings. The van der Waals surface area contributed by atoms with Crippen LogP contribution in [0.3, 0.4) is 0 Å². The first kappa shape index (κ1) is 8.09. The van der Waals surface area contributed by atoms with Gasteiger partial charge in [-0.1, -0.05) is 6.07 Å². The molecule has 0 aliphatic rings. The van der Waals surface area contributed by atoms with Crippen LogP contribution in [0.1, 0.15) is 11.4 Å². The van der Waals surface area contributed by atoms with Crippen LogP contribution in [0.25, 0.3) is 10.4 Å². The molecule has 0 aliphatic carbocycles. The van der Waals surface area contributed by atoms with E-state index in [0.717, 1.165) is 16.1 Å². The van der Waals surface area contributed by atoms with Gasteiger partial charge in [0.15, 0.2) is 0 Å². The highest BCUT2D eigenvalue weighted by atomic mass is 32.1. The number of aryl methyl sites for hydroxylation is 1. The third kappa shape index (κ3) is 1.36. The van der Waals surface area contributed by atoms with Gasteiger partial charge in [0.1, 0.15) is 11.8 Å². The molecule has 13 heavy (non-hydrogen) atoms. The molecule has 3 heteroatoms. The highest BCUT2D eigenvalue weighted by Gasteiger charge is 2.07. The molecule has 0 unspecified atom stereocenters. The summed E-state index contributed by atoms with van der Waals surface area (Å²) in [7, 11) is 0. The molecule has 0 saturated carbocycles. The molecule has 0 aromatic carbocycles. The summed E-state index contributed by atoms with van der Waals surface area (Å²) in [6.07, 6.45) is 0. The van der Waals surface area contributed by atoms with Crippen LogP contribution in [0, 0.1) is 18.3 Å². The van der Waals surface area contributed by atoms with E-state index in [9.17, 15) is 0 Å². The summed E-state index contributed by atoms with van der Waals surface area (Å²) in [5, 5.41) is 10.9. The number of hydrogen-bond acceptors (Lipinski definition) is 2. The molecule has 0 aliphatic heterocycles. The Morgan fingerprint density at radius 2 is 2.38 bits per heavy atom. The summed E-state index contributed by atoms with van der Waals surface area (Å²) in [6.45, 7) is 1.96. The van der Waals surface area contributed by atoms with Crippen molar-refractivity contribution in [1.82, 2.24) is 4.98 Å². The van der Waals surface area contributed by atoms with Crippen LogP contribution in [0.15, 0.2) is 23.6 Å². The van der Waals surface area contributed by atoms with Crippen molar-refractivity contribution < 1.29 is 0 Å². The van der Waals surface area contributed by atoms with Gasteiger partial charge in [0, 0.05) is 16.1 Å². The summed E-state index contributed by atoms with van der Waals surface area (Å²) in [5.74, 6) is 0. The van der Waals surface area contributed by atoms with Crippen molar-refractivity contribution >= 4 is 11.3 Å². The maximum atomic E-state index is 8.85. The second-order valence-electron chi connectivity index (χ2n) is 2.83. The van der Waals surface area contributed by atoms with Crippen LogP contribution >= 0.6 is 11.3 Å². The monoisotopic (exact) mass is 188 g/mol. The molecule has 0 radical (unpaired) electrons. The molecule has 64 valence electrons. The topological polar surface area (TPSA) is 39.6 Å². The van der Waals surface area contributed by atoms with E-state index >= 15 is 0 Å². The van der Waals surface area contributed by atoms with Crippen molar-refractivity contribution in [2.75, 3.05) is 0 Å². The maximum absolute atomic E-state index is 8.85. The standard InChI is InChI=1S/C10H8N2S/c1-7-5-8(9(6-11)12-7)10-3-2-4-13-10/h2-5,12H,1H3. The van der Waals surface area contributed by atoms with E-state index in [2.05, 4.69) is 11.1 Å². The van der Waals surface area contributed by atoms with E-state index in [1.165, 1.54) is 0 Å². The Hall–Kier alpha value is -1.53. The molecule has 0 atom stereocenters. The molecule has 1 N–H and O–H groups in total. The lowest BCUT2D eigenvalue weighted by atomic mass is 10.2. The van der Waals surface area contributed by atoms with Crippen LogP contribution in [0.2, 0.25) is 0 Å². The van der Waals surface area contributed by atoms with Gasteiger partial charge in [-0.15, -0.1) is 11.3 Å². The lowest BCUT2D eigenvalue weighted by molar-refractivity contribution is 1.23. The third-order valence-corrected chi connectivity index (χ3v) is 2.75. The van der Waals surface area contributed by atoms with Crippen molar-refractivity contribution in [1.29, 1.82) is 5.26 Å². The third-order valence-electron chi connectivity index (χ3n) is 1.85. The number of aromatic nitrogens is 1. The van der Waals surface area contributed by atoms with Gasteiger partial charge in [0.2, 0.25) is 0 Å². The molecule has 2 nitrogen and oxygen atoms in total. The Morgan fingerprint density at radius 1 is 1.54 bits per heavy atom. The van der Waals surface area contributed by atoms with E-state index in [-0.39, 0.29) is 0 Å². The molecule has 0 fully saturated rings. The summed E-state index contributed by atoms with van der Waals surface area (Å²) >= 11 is 1.65. The van der Waals surface area contributed by atoms with Crippen LogP contribution in [0.5, 0.6) is 0 Å². The Balaban J connectivity index is 2.59. The number of hydrogen-bond donors (Lipinski definition) is 1. The minimum absolute atomic E-state index is 0.653.